The van der Waals surface area contributed by atoms with Crippen molar-refractivity contribution in [2.45, 2.75) is 46.5 Å². The summed E-state index contributed by atoms with van der Waals surface area (Å²) < 4.78 is 0. The van der Waals surface area contributed by atoms with Gasteiger partial charge in [0.2, 0.25) is 0 Å². The lowest BCUT2D eigenvalue weighted by molar-refractivity contribution is 0.173. The van der Waals surface area contributed by atoms with E-state index in [2.05, 4.69) is 50.8 Å². The lowest BCUT2D eigenvalue weighted by Gasteiger charge is -2.39. The van der Waals surface area contributed by atoms with Crippen LogP contribution in [0.25, 0.3) is 0 Å². The highest BCUT2D eigenvalue weighted by atomic mass is 16.6. The van der Waals surface area contributed by atoms with Gasteiger partial charge in [0.25, 0.3) is 0 Å². The molecule has 0 N–H and O–H groups in total. The van der Waals surface area contributed by atoms with Crippen molar-refractivity contribution in [2.75, 3.05) is 6.61 Å². The molecule has 1 aromatic rings. The Morgan fingerprint density at radius 3 is 2.44 bits per heavy atom. The number of aromatic nitrogens is 1. The largest absolute Gasteiger partial charge is 0.395 e. The molecule has 2 rings (SSSR count). The Morgan fingerprint density at radius 2 is 1.89 bits per heavy atom. The average molecular weight is 246 g/mol. The number of oxime groups is 1. The molecule has 0 saturated heterocycles. The standard InChI is InChI=1S/C15H22N2O/c1-14(2,3)15(4,5)13-11(7-6-9-16-13)12-8-10-18-17-12/h6-7,9H,8,10H2,1-5H3. The maximum Gasteiger partial charge on any atom is 0.122 e. The van der Waals surface area contributed by atoms with E-state index in [1.165, 1.54) is 0 Å². The summed E-state index contributed by atoms with van der Waals surface area (Å²) >= 11 is 0. The second-order valence-electron chi connectivity index (χ2n) is 6.40. The first kappa shape index (κ1) is 13.1. The Hall–Kier alpha value is -1.38. The number of hydrogen-bond acceptors (Lipinski definition) is 3. The summed E-state index contributed by atoms with van der Waals surface area (Å²) in [5.74, 6) is 0. The molecule has 1 aromatic heterocycles. The summed E-state index contributed by atoms with van der Waals surface area (Å²) in [5.41, 5.74) is 3.39. The molecule has 18 heavy (non-hydrogen) atoms. The summed E-state index contributed by atoms with van der Waals surface area (Å²) in [6, 6.07) is 4.07. The smallest absolute Gasteiger partial charge is 0.122 e. The van der Waals surface area contributed by atoms with Gasteiger partial charge in [-0.15, -0.1) is 0 Å². The number of nitrogens with zero attached hydrogens (tertiary/aromatic N) is 2. The van der Waals surface area contributed by atoms with E-state index < -0.39 is 0 Å². The zero-order chi connectivity index (χ0) is 13.4. The van der Waals surface area contributed by atoms with Gasteiger partial charge in [-0.05, 0) is 17.5 Å². The Kier molecular flexibility index (Phi) is 3.18. The Labute approximate surface area is 109 Å². The summed E-state index contributed by atoms with van der Waals surface area (Å²) in [4.78, 5) is 9.75. The van der Waals surface area contributed by atoms with E-state index in [9.17, 15) is 0 Å². The summed E-state index contributed by atoms with van der Waals surface area (Å²) in [6.07, 6.45) is 2.74. The van der Waals surface area contributed by atoms with Crippen molar-refractivity contribution in [3.63, 3.8) is 0 Å². The molecule has 3 nitrogen and oxygen atoms in total. The van der Waals surface area contributed by atoms with E-state index in [1.807, 2.05) is 12.3 Å². The molecule has 2 heterocycles. The maximum absolute atomic E-state index is 5.12. The Bertz CT molecular complexity index is 470. The van der Waals surface area contributed by atoms with Gasteiger partial charge in [0, 0.05) is 23.6 Å². The highest BCUT2D eigenvalue weighted by molar-refractivity contribution is 6.02. The van der Waals surface area contributed by atoms with Crippen molar-refractivity contribution in [3.05, 3.63) is 29.6 Å². The number of pyridine rings is 1. The van der Waals surface area contributed by atoms with Gasteiger partial charge < -0.3 is 4.84 Å². The van der Waals surface area contributed by atoms with Gasteiger partial charge in [-0.1, -0.05) is 39.8 Å². The fourth-order valence-electron chi connectivity index (χ4n) is 1.99. The van der Waals surface area contributed by atoms with Gasteiger partial charge in [-0.25, -0.2) is 0 Å². The molecule has 0 amide bonds. The van der Waals surface area contributed by atoms with Crippen LogP contribution in [0.3, 0.4) is 0 Å². The second kappa shape index (κ2) is 4.38. The molecule has 0 atom stereocenters. The SMILES string of the molecule is CC(C)(C)C(C)(C)c1ncccc1C1=NOCC1. The fraction of sp³-hybridized carbons (Fsp3) is 0.600. The summed E-state index contributed by atoms with van der Waals surface area (Å²) in [5, 5.41) is 4.14. The van der Waals surface area contributed by atoms with Crippen molar-refractivity contribution in [1.82, 2.24) is 4.98 Å². The van der Waals surface area contributed by atoms with E-state index >= 15 is 0 Å². The first-order chi connectivity index (χ1) is 8.34. The van der Waals surface area contributed by atoms with Crippen LogP contribution in [0.2, 0.25) is 0 Å². The second-order valence-corrected chi connectivity index (χ2v) is 6.40. The van der Waals surface area contributed by atoms with Crippen molar-refractivity contribution >= 4 is 5.71 Å². The van der Waals surface area contributed by atoms with Gasteiger partial charge in [-0.3, -0.25) is 4.98 Å². The molecule has 0 fully saturated rings. The molecule has 0 spiro atoms. The fourth-order valence-corrected chi connectivity index (χ4v) is 1.99. The molecule has 0 saturated carbocycles. The highest BCUT2D eigenvalue weighted by Gasteiger charge is 2.38. The van der Waals surface area contributed by atoms with Gasteiger partial charge in [0.05, 0.1) is 11.4 Å². The van der Waals surface area contributed by atoms with Crippen LogP contribution in [0.5, 0.6) is 0 Å². The molecule has 0 radical (unpaired) electrons. The molecule has 1 aliphatic rings. The van der Waals surface area contributed by atoms with Crippen LogP contribution in [0, 0.1) is 5.41 Å². The van der Waals surface area contributed by atoms with Gasteiger partial charge in [0.1, 0.15) is 6.61 Å². The third-order valence-electron chi connectivity index (χ3n) is 4.19. The average Bonchev–Trinajstić information content (AvgIpc) is 2.81. The zero-order valence-corrected chi connectivity index (χ0v) is 11.9. The first-order valence-corrected chi connectivity index (χ1v) is 6.49. The van der Waals surface area contributed by atoms with Crippen LogP contribution in [-0.2, 0) is 10.3 Å². The highest BCUT2D eigenvalue weighted by Crippen LogP contribution is 2.41. The Morgan fingerprint density at radius 1 is 1.17 bits per heavy atom. The molecule has 98 valence electrons. The van der Waals surface area contributed by atoms with Crippen LogP contribution in [-0.4, -0.2) is 17.3 Å². The van der Waals surface area contributed by atoms with Gasteiger partial charge in [0.15, 0.2) is 0 Å². The van der Waals surface area contributed by atoms with E-state index in [0.29, 0.717) is 6.61 Å². The lowest BCUT2D eigenvalue weighted by atomic mass is 9.66. The quantitative estimate of drug-likeness (QED) is 0.800. The van der Waals surface area contributed by atoms with Crippen molar-refractivity contribution in [1.29, 1.82) is 0 Å². The van der Waals surface area contributed by atoms with E-state index in [0.717, 1.165) is 23.4 Å². The van der Waals surface area contributed by atoms with Gasteiger partial charge >= 0.3 is 0 Å². The summed E-state index contributed by atoms with van der Waals surface area (Å²) in [7, 11) is 0. The normalized spacial score (nSPS) is 16.4. The lowest BCUT2D eigenvalue weighted by Crippen LogP contribution is -2.36. The zero-order valence-electron chi connectivity index (χ0n) is 11.9. The maximum atomic E-state index is 5.12. The number of rotatable bonds is 2. The van der Waals surface area contributed by atoms with E-state index in [4.69, 9.17) is 4.84 Å². The molecular weight excluding hydrogens is 224 g/mol. The monoisotopic (exact) mass is 246 g/mol. The first-order valence-electron chi connectivity index (χ1n) is 6.49. The molecule has 3 heteroatoms. The van der Waals surface area contributed by atoms with Crippen LogP contribution < -0.4 is 0 Å². The molecule has 0 aromatic carbocycles. The van der Waals surface area contributed by atoms with E-state index in [-0.39, 0.29) is 10.8 Å². The topological polar surface area (TPSA) is 34.5 Å². The van der Waals surface area contributed by atoms with Crippen LogP contribution in [0.1, 0.15) is 52.3 Å². The van der Waals surface area contributed by atoms with Crippen LogP contribution >= 0.6 is 0 Å². The minimum absolute atomic E-state index is 0.0191. The van der Waals surface area contributed by atoms with E-state index in [1.54, 1.807) is 0 Å². The van der Waals surface area contributed by atoms with Crippen LogP contribution in [0.4, 0.5) is 0 Å². The molecule has 0 unspecified atom stereocenters. The van der Waals surface area contributed by atoms with Crippen molar-refractivity contribution in [3.8, 4) is 0 Å². The minimum Gasteiger partial charge on any atom is -0.395 e. The minimum atomic E-state index is -0.0191. The van der Waals surface area contributed by atoms with Crippen molar-refractivity contribution < 1.29 is 4.84 Å². The predicted molar refractivity (Wildman–Crippen MR) is 73.8 cm³/mol. The summed E-state index contributed by atoms with van der Waals surface area (Å²) in [6.45, 7) is 11.9. The molecule has 0 aliphatic carbocycles. The third kappa shape index (κ3) is 2.14. The molecular formula is C15H22N2O. The Balaban J connectivity index is 2.52. The number of hydrogen-bond donors (Lipinski definition) is 0. The van der Waals surface area contributed by atoms with Gasteiger partial charge in [-0.2, -0.15) is 0 Å². The van der Waals surface area contributed by atoms with Crippen LogP contribution in [0.15, 0.2) is 23.5 Å². The molecule has 1 aliphatic heterocycles. The predicted octanol–water partition coefficient (Wildman–Crippen LogP) is 3.53. The molecule has 0 bridgehead atoms. The third-order valence-corrected chi connectivity index (χ3v) is 4.19. The van der Waals surface area contributed by atoms with Crippen molar-refractivity contribution in [2.24, 2.45) is 10.6 Å².